The predicted molar refractivity (Wildman–Crippen MR) is 56.4 cm³/mol. The third-order valence-corrected chi connectivity index (χ3v) is 3.01. The first-order chi connectivity index (χ1) is 7.02. The van der Waals surface area contributed by atoms with Gasteiger partial charge in [-0.1, -0.05) is 13.3 Å². The van der Waals surface area contributed by atoms with Crippen LogP contribution in [-0.4, -0.2) is 34.5 Å². The van der Waals surface area contributed by atoms with E-state index in [1.54, 1.807) is 11.8 Å². The number of hydrogen-bond acceptors (Lipinski definition) is 2. The van der Waals surface area contributed by atoms with Gasteiger partial charge in [-0.05, 0) is 19.8 Å². The summed E-state index contributed by atoms with van der Waals surface area (Å²) in [5, 5.41) is 8.82. The average Bonchev–Trinajstić information content (AvgIpc) is 2.32. The molecule has 0 aromatic rings. The van der Waals surface area contributed by atoms with Gasteiger partial charge in [-0.25, -0.2) is 0 Å². The molecule has 15 heavy (non-hydrogen) atoms. The summed E-state index contributed by atoms with van der Waals surface area (Å²) in [7, 11) is 0. The maximum absolute atomic E-state index is 11.7. The molecule has 4 nitrogen and oxygen atoms in total. The molecule has 2 unspecified atom stereocenters. The zero-order valence-corrected chi connectivity index (χ0v) is 9.40. The molecule has 1 aliphatic rings. The fourth-order valence-corrected chi connectivity index (χ4v) is 1.92. The maximum atomic E-state index is 11.7. The monoisotopic (exact) mass is 213 g/mol. The molecule has 1 N–H and O–H groups in total. The lowest BCUT2D eigenvalue weighted by atomic mass is 10.1. The molecule has 4 heteroatoms. The molecule has 0 spiro atoms. The van der Waals surface area contributed by atoms with Gasteiger partial charge in [0.1, 0.15) is 0 Å². The van der Waals surface area contributed by atoms with E-state index in [0.717, 1.165) is 19.3 Å². The van der Waals surface area contributed by atoms with Gasteiger partial charge in [0.05, 0.1) is 5.92 Å². The van der Waals surface area contributed by atoms with E-state index in [4.69, 9.17) is 5.11 Å². The fourth-order valence-electron chi connectivity index (χ4n) is 1.92. The Kier molecular flexibility index (Phi) is 4.12. The van der Waals surface area contributed by atoms with E-state index >= 15 is 0 Å². The number of carboxylic acid groups (broad SMARTS) is 1. The van der Waals surface area contributed by atoms with Crippen molar-refractivity contribution in [2.24, 2.45) is 5.92 Å². The van der Waals surface area contributed by atoms with E-state index in [9.17, 15) is 9.59 Å². The summed E-state index contributed by atoms with van der Waals surface area (Å²) in [6, 6.07) is 0.182. The molecule has 1 aliphatic heterocycles. The molecule has 1 amide bonds. The number of carbonyl (C=O) groups is 2. The molecule has 0 aliphatic carbocycles. The van der Waals surface area contributed by atoms with Crippen molar-refractivity contribution in [3.8, 4) is 0 Å². The van der Waals surface area contributed by atoms with E-state index in [2.05, 4.69) is 0 Å². The lowest BCUT2D eigenvalue weighted by Gasteiger charge is -2.28. The molecule has 0 bridgehead atoms. The van der Waals surface area contributed by atoms with Crippen LogP contribution in [0.3, 0.4) is 0 Å². The third-order valence-electron chi connectivity index (χ3n) is 3.01. The number of rotatable bonds is 3. The minimum absolute atomic E-state index is 0.105. The fraction of sp³-hybridized carbons (Fsp3) is 0.818. The Hall–Kier alpha value is -1.06. The normalized spacial score (nSPS) is 24.8. The summed E-state index contributed by atoms with van der Waals surface area (Å²) in [5.74, 6) is -1.21. The first-order valence-corrected chi connectivity index (χ1v) is 5.54. The molecular formula is C11H19NO3. The lowest BCUT2D eigenvalue weighted by molar-refractivity contribution is -0.143. The van der Waals surface area contributed by atoms with Crippen LogP contribution in [-0.2, 0) is 9.59 Å². The van der Waals surface area contributed by atoms with Gasteiger partial charge in [0.25, 0.3) is 0 Å². The standard InChI is InChI=1S/C11H19NO3/c1-8(11(14)15)7-12-9(2)5-3-4-6-10(12)13/h8-9H,3-7H2,1-2H3,(H,14,15). The van der Waals surface area contributed by atoms with E-state index in [1.165, 1.54) is 0 Å². The second-order valence-corrected chi connectivity index (χ2v) is 4.38. The number of nitrogens with zero attached hydrogens (tertiary/aromatic N) is 1. The van der Waals surface area contributed by atoms with Crippen molar-refractivity contribution < 1.29 is 14.7 Å². The molecule has 0 saturated carbocycles. The number of likely N-dealkylation sites (tertiary alicyclic amines) is 1. The molecule has 1 rings (SSSR count). The van der Waals surface area contributed by atoms with Gasteiger partial charge in [0, 0.05) is 19.0 Å². The Morgan fingerprint density at radius 1 is 1.60 bits per heavy atom. The minimum atomic E-state index is -0.834. The number of hydrogen-bond donors (Lipinski definition) is 1. The Morgan fingerprint density at radius 2 is 2.27 bits per heavy atom. The van der Waals surface area contributed by atoms with Crippen molar-refractivity contribution >= 4 is 11.9 Å². The molecule has 86 valence electrons. The molecule has 2 atom stereocenters. The van der Waals surface area contributed by atoms with Crippen LogP contribution >= 0.6 is 0 Å². The molecule has 0 radical (unpaired) electrons. The van der Waals surface area contributed by atoms with Crippen LogP contribution in [0.1, 0.15) is 39.5 Å². The van der Waals surface area contributed by atoms with E-state index in [1.807, 2.05) is 6.92 Å². The van der Waals surface area contributed by atoms with Crippen LogP contribution in [0.2, 0.25) is 0 Å². The van der Waals surface area contributed by atoms with Crippen molar-refractivity contribution in [2.45, 2.75) is 45.6 Å². The zero-order valence-electron chi connectivity index (χ0n) is 9.40. The molecule has 1 saturated heterocycles. The van der Waals surface area contributed by atoms with Crippen molar-refractivity contribution in [1.29, 1.82) is 0 Å². The van der Waals surface area contributed by atoms with Crippen LogP contribution in [0, 0.1) is 5.92 Å². The number of amides is 1. The van der Waals surface area contributed by atoms with E-state index < -0.39 is 11.9 Å². The number of aliphatic carboxylic acids is 1. The smallest absolute Gasteiger partial charge is 0.308 e. The Balaban J connectivity index is 2.62. The SMILES string of the molecule is CC(CN1C(=O)CCCCC1C)C(=O)O. The highest BCUT2D eigenvalue weighted by molar-refractivity contribution is 5.78. The van der Waals surface area contributed by atoms with E-state index in [-0.39, 0.29) is 11.9 Å². The second kappa shape index (κ2) is 5.14. The van der Waals surface area contributed by atoms with Gasteiger partial charge >= 0.3 is 5.97 Å². The maximum Gasteiger partial charge on any atom is 0.308 e. The summed E-state index contributed by atoms with van der Waals surface area (Å²) < 4.78 is 0. The number of carbonyl (C=O) groups excluding carboxylic acids is 1. The summed E-state index contributed by atoms with van der Waals surface area (Å²) >= 11 is 0. The van der Waals surface area contributed by atoms with Gasteiger partial charge in [0.2, 0.25) is 5.91 Å². The van der Waals surface area contributed by atoms with Crippen molar-refractivity contribution in [3.63, 3.8) is 0 Å². The Bertz CT molecular complexity index is 252. The van der Waals surface area contributed by atoms with Crippen LogP contribution in [0.15, 0.2) is 0 Å². The Morgan fingerprint density at radius 3 is 2.87 bits per heavy atom. The molecular weight excluding hydrogens is 194 g/mol. The largest absolute Gasteiger partial charge is 0.481 e. The zero-order chi connectivity index (χ0) is 11.4. The van der Waals surface area contributed by atoms with Gasteiger partial charge in [-0.15, -0.1) is 0 Å². The van der Waals surface area contributed by atoms with E-state index in [0.29, 0.717) is 13.0 Å². The topological polar surface area (TPSA) is 57.6 Å². The molecule has 0 aromatic heterocycles. The highest BCUT2D eigenvalue weighted by Gasteiger charge is 2.26. The van der Waals surface area contributed by atoms with Crippen LogP contribution in [0.25, 0.3) is 0 Å². The average molecular weight is 213 g/mol. The molecule has 1 heterocycles. The molecule has 1 fully saturated rings. The van der Waals surface area contributed by atoms with Gasteiger partial charge < -0.3 is 10.0 Å². The van der Waals surface area contributed by atoms with Gasteiger partial charge in [-0.3, -0.25) is 9.59 Å². The number of carboxylic acids is 1. The highest BCUT2D eigenvalue weighted by Crippen LogP contribution is 2.18. The van der Waals surface area contributed by atoms with Crippen molar-refractivity contribution in [2.75, 3.05) is 6.54 Å². The summed E-state index contributed by atoms with van der Waals surface area (Å²) in [6.45, 7) is 3.99. The quantitative estimate of drug-likeness (QED) is 0.772. The highest BCUT2D eigenvalue weighted by atomic mass is 16.4. The predicted octanol–water partition coefficient (Wildman–Crippen LogP) is 1.50. The second-order valence-electron chi connectivity index (χ2n) is 4.38. The summed E-state index contributed by atoms with van der Waals surface area (Å²) in [5.41, 5.74) is 0. The van der Waals surface area contributed by atoms with Crippen LogP contribution in [0.4, 0.5) is 0 Å². The first kappa shape index (κ1) is 12.0. The minimum Gasteiger partial charge on any atom is -0.481 e. The van der Waals surface area contributed by atoms with Crippen LogP contribution < -0.4 is 0 Å². The van der Waals surface area contributed by atoms with Crippen molar-refractivity contribution in [1.82, 2.24) is 4.90 Å². The van der Waals surface area contributed by atoms with Gasteiger partial charge in [0.15, 0.2) is 0 Å². The van der Waals surface area contributed by atoms with Gasteiger partial charge in [-0.2, -0.15) is 0 Å². The van der Waals surface area contributed by atoms with Crippen molar-refractivity contribution in [3.05, 3.63) is 0 Å². The Labute approximate surface area is 90.3 Å². The molecule has 0 aromatic carbocycles. The first-order valence-electron chi connectivity index (χ1n) is 5.54. The van der Waals surface area contributed by atoms with Crippen LogP contribution in [0.5, 0.6) is 0 Å². The third kappa shape index (κ3) is 3.22. The summed E-state index contributed by atoms with van der Waals surface area (Å²) in [4.78, 5) is 24.2. The summed E-state index contributed by atoms with van der Waals surface area (Å²) in [6.07, 6.45) is 3.54. The lowest BCUT2D eigenvalue weighted by Crippen LogP contribution is -2.41.